The molecule has 2 N–H and O–H groups in total. The molecule has 0 radical (unpaired) electrons. The average Bonchev–Trinajstić information content (AvgIpc) is 3.21. The molecule has 0 aromatic heterocycles. The van der Waals surface area contributed by atoms with E-state index in [9.17, 15) is 14.7 Å². The van der Waals surface area contributed by atoms with Gasteiger partial charge in [0.05, 0.1) is 5.92 Å². The van der Waals surface area contributed by atoms with Crippen LogP contribution in [0.4, 0.5) is 0 Å². The Morgan fingerprint density at radius 3 is 2.68 bits per heavy atom. The van der Waals surface area contributed by atoms with Crippen LogP contribution in [-0.2, 0) is 9.59 Å². The molecule has 1 amide bonds. The molecule has 108 valence electrons. The molecule has 1 aliphatic heterocycles. The Balaban J connectivity index is 1.84. The second-order valence-electron chi connectivity index (χ2n) is 5.78. The van der Waals surface area contributed by atoms with Crippen molar-refractivity contribution in [1.82, 2.24) is 10.2 Å². The molecule has 0 aromatic rings. The molecule has 1 saturated heterocycles. The first-order valence-electron chi connectivity index (χ1n) is 7.36. The van der Waals surface area contributed by atoms with Gasteiger partial charge < -0.3 is 10.4 Å². The van der Waals surface area contributed by atoms with E-state index in [2.05, 4.69) is 5.32 Å². The fraction of sp³-hybridized carbons (Fsp3) is 0.857. The number of nitrogens with one attached hydrogen (secondary N) is 1. The van der Waals surface area contributed by atoms with Crippen molar-refractivity contribution in [2.75, 3.05) is 19.6 Å². The first-order chi connectivity index (χ1) is 9.11. The molecule has 19 heavy (non-hydrogen) atoms. The van der Waals surface area contributed by atoms with E-state index in [-0.39, 0.29) is 11.8 Å². The Hall–Kier alpha value is -1.10. The minimum atomic E-state index is -0.776. The summed E-state index contributed by atoms with van der Waals surface area (Å²) in [6, 6.07) is -0.445. The van der Waals surface area contributed by atoms with Crippen LogP contribution in [0.2, 0.25) is 0 Å². The monoisotopic (exact) mass is 268 g/mol. The number of hydrogen-bond donors (Lipinski definition) is 2. The lowest BCUT2D eigenvalue weighted by Gasteiger charge is -2.35. The molecule has 5 nitrogen and oxygen atoms in total. The molecule has 2 rings (SSSR count). The van der Waals surface area contributed by atoms with Gasteiger partial charge >= 0.3 is 5.97 Å². The van der Waals surface area contributed by atoms with Crippen LogP contribution < -0.4 is 5.32 Å². The van der Waals surface area contributed by atoms with Crippen LogP contribution in [0.25, 0.3) is 0 Å². The predicted molar refractivity (Wildman–Crippen MR) is 71.7 cm³/mol. The molecule has 0 bridgehead atoms. The molecule has 0 aromatic carbocycles. The van der Waals surface area contributed by atoms with Crippen LogP contribution in [0.15, 0.2) is 0 Å². The third-order valence-corrected chi connectivity index (χ3v) is 4.20. The van der Waals surface area contributed by atoms with E-state index in [4.69, 9.17) is 0 Å². The Kier molecular flexibility index (Phi) is 4.80. The first kappa shape index (κ1) is 14.3. The van der Waals surface area contributed by atoms with Gasteiger partial charge in [0.2, 0.25) is 5.91 Å². The van der Waals surface area contributed by atoms with Gasteiger partial charge in [0.15, 0.2) is 0 Å². The lowest BCUT2D eigenvalue weighted by molar-refractivity contribution is -0.145. The van der Waals surface area contributed by atoms with E-state index in [0.717, 1.165) is 25.9 Å². The number of hydrogen-bond acceptors (Lipinski definition) is 3. The van der Waals surface area contributed by atoms with Crippen molar-refractivity contribution in [2.45, 2.75) is 45.1 Å². The Morgan fingerprint density at radius 2 is 2.11 bits per heavy atom. The Bertz CT molecular complexity index is 342. The van der Waals surface area contributed by atoms with Gasteiger partial charge in [-0.05, 0) is 44.6 Å². The molecule has 1 aliphatic carbocycles. The van der Waals surface area contributed by atoms with Crippen molar-refractivity contribution in [1.29, 1.82) is 0 Å². The lowest BCUT2D eigenvalue weighted by atomic mass is 9.95. The highest BCUT2D eigenvalue weighted by atomic mass is 16.4. The van der Waals surface area contributed by atoms with Crippen molar-refractivity contribution in [3.63, 3.8) is 0 Å². The summed E-state index contributed by atoms with van der Waals surface area (Å²) < 4.78 is 0. The molecule has 1 saturated carbocycles. The largest absolute Gasteiger partial charge is 0.480 e. The van der Waals surface area contributed by atoms with E-state index >= 15 is 0 Å². The quantitative estimate of drug-likeness (QED) is 0.756. The molecular formula is C14H24N2O3. The predicted octanol–water partition coefficient (Wildman–Crippen LogP) is 1.09. The van der Waals surface area contributed by atoms with Gasteiger partial charge in [0.25, 0.3) is 0 Å². The van der Waals surface area contributed by atoms with Crippen LogP contribution in [0.3, 0.4) is 0 Å². The molecule has 2 aliphatic rings. The van der Waals surface area contributed by atoms with Gasteiger partial charge in [-0.1, -0.05) is 6.92 Å². The molecule has 2 unspecified atom stereocenters. The maximum absolute atomic E-state index is 12.1. The van der Waals surface area contributed by atoms with Crippen molar-refractivity contribution >= 4 is 11.9 Å². The Labute approximate surface area is 114 Å². The van der Waals surface area contributed by atoms with Gasteiger partial charge in [-0.25, -0.2) is 0 Å². The van der Waals surface area contributed by atoms with Crippen LogP contribution in [0, 0.1) is 11.8 Å². The van der Waals surface area contributed by atoms with Crippen LogP contribution >= 0.6 is 0 Å². The van der Waals surface area contributed by atoms with Crippen LogP contribution in [-0.4, -0.2) is 47.6 Å². The van der Waals surface area contributed by atoms with Gasteiger partial charge in [0, 0.05) is 13.1 Å². The van der Waals surface area contributed by atoms with Gasteiger partial charge in [0.1, 0.15) is 6.04 Å². The number of rotatable bonds is 6. The third kappa shape index (κ3) is 3.93. The van der Waals surface area contributed by atoms with Gasteiger partial charge in [-0.2, -0.15) is 0 Å². The van der Waals surface area contributed by atoms with Gasteiger partial charge in [-0.15, -0.1) is 0 Å². The van der Waals surface area contributed by atoms with E-state index in [1.807, 2.05) is 11.8 Å². The SMILES string of the molecule is CCC(C(=O)O)N1CCCC(C(=O)NCC2CC2)C1. The lowest BCUT2D eigenvalue weighted by Crippen LogP contribution is -2.49. The second kappa shape index (κ2) is 6.37. The molecule has 2 fully saturated rings. The summed E-state index contributed by atoms with van der Waals surface area (Å²) in [6.07, 6.45) is 4.84. The highest BCUT2D eigenvalue weighted by Crippen LogP contribution is 2.28. The normalized spacial score (nSPS) is 25.8. The summed E-state index contributed by atoms with van der Waals surface area (Å²) in [5, 5.41) is 12.2. The molecule has 0 spiro atoms. The highest BCUT2D eigenvalue weighted by molar-refractivity contribution is 5.79. The number of likely N-dealkylation sites (tertiary alicyclic amines) is 1. The summed E-state index contributed by atoms with van der Waals surface area (Å²) in [7, 11) is 0. The standard InChI is InChI=1S/C14H24N2O3/c1-2-12(14(18)19)16-7-3-4-11(9-16)13(17)15-8-10-5-6-10/h10-12H,2-9H2,1H3,(H,15,17)(H,18,19). The minimum absolute atomic E-state index is 0.0408. The zero-order chi connectivity index (χ0) is 13.8. The topological polar surface area (TPSA) is 69.6 Å². The maximum Gasteiger partial charge on any atom is 0.320 e. The Morgan fingerprint density at radius 1 is 1.37 bits per heavy atom. The number of amides is 1. The van der Waals surface area contributed by atoms with Crippen LogP contribution in [0.5, 0.6) is 0 Å². The number of carboxylic acids is 1. The summed E-state index contributed by atoms with van der Waals surface area (Å²) in [4.78, 5) is 25.2. The molecule has 5 heteroatoms. The number of carbonyl (C=O) groups excluding carboxylic acids is 1. The number of carboxylic acid groups (broad SMARTS) is 1. The molecular weight excluding hydrogens is 244 g/mol. The number of carbonyl (C=O) groups is 2. The molecule has 2 atom stereocenters. The van der Waals surface area contributed by atoms with Crippen molar-refractivity contribution in [3.05, 3.63) is 0 Å². The fourth-order valence-corrected chi connectivity index (χ4v) is 2.80. The molecule has 1 heterocycles. The van der Waals surface area contributed by atoms with E-state index < -0.39 is 12.0 Å². The van der Waals surface area contributed by atoms with E-state index in [1.54, 1.807) is 0 Å². The summed E-state index contributed by atoms with van der Waals surface area (Å²) in [5.74, 6) is -0.0228. The number of aliphatic carboxylic acids is 1. The first-order valence-corrected chi connectivity index (χ1v) is 7.36. The van der Waals surface area contributed by atoms with Crippen molar-refractivity contribution in [2.24, 2.45) is 11.8 Å². The number of nitrogens with zero attached hydrogens (tertiary/aromatic N) is 1. The maximum atomic E-state index is 12.1. The minimum Gasteiger partial charge on any atom is -0.480 e. The zero-order valence-corrected chi connectivity index (χ0v) is 11.6. The van der Waals surface area contributed by atoms with Crippen molar-refractivity contribution in [3.8, 4) is 0 Å². The second-order valence-corrected chi connectivity index (χ2v) is 5.78. The zero-order valence-electron chi connectivity index (χ0n) is 11.6. The average molecular weight is 268 g/mol. The summed E-state index contributed by atoms with van der Waals surface area (Å²) >= 11 is 0. The fourth-order valence-electron chi connectivity index (χ4n) is 2.80. The third-order valence-electron chi connectivity index (χ3n) is 4.20. The number of piperidine rings is 1. The van der Waals surface area contributed by atoms with Gasteiger partial charge in [-0.3, -0.25) is 14.5 Å². The van der Waals surface area contributed by atoms with E-state index in [1.165, 1.54) is 12.8 Å². The summed E-state index contributed by atoms with van der Waals surface area (Å²) in [5.41, 5.74) is 0. The van der Waals surface area contributed by atoms with Crippen molar-refractivity contribution < 1.29 is 14.7 Å². The smallest absolute Gasteiger partial charge is 0.320 e. The van der Waals surface area contributed by atoms with Crippen LogP contribution in [0.1, 0.15) is 39.0 Å². The van der Waals surface area contributed by atoms with E-state index in [0.29, 0.717) is 18.9 Å². The summed E-state index contributed by atoms with van der Waals surface area (Å²) in [6.45, 7) is 4.06. The highest BCUT2D eigenvalue weighted by Gasteiger charge is 2.32.